The standard InChI is InChI=1S/C4H8O.CH4O.H3N.H2O/c1-2-4-5-3-1;1-2;;/h1-4H2;2H,1H3;1H3;1H2. The number of hydrogen-bond donors (Lipinski definition) is 2. The summed E-state index contributed by atoms with van der Waals surface area (Å²) in [6.07, 6.45) is 2.56. The number of quaternary nitrogens is 1. The van der Waals surface area contributed by atoms with E-state index in [9.17, 15) is 0 Å². The summed E-state index contributed by atoms with van der Waals surface area (Å²) in [5.41, 5.74) is 0. The molecule has 0 aromatic carbocycles. The maximum atomic E-state index is 7.00. The molecule has 0 unspecified atom stereocenters. The summed E-state index contributed by atoms with van der Waals surface area (Å²) < 4.78 is 4.94. The summed E-state index contributed by atoms with van der Waals surface area (Å²) in [5.74, 6) is 0. The van der Waals surface area contributed by atoms with Crippen molar-refractivity contribution >= 4 is 0 Å². The molecule has 4 heteroatoms. The quantitative estimate of drug-likeness (QED) is 0.514. The molecule has 1 aliphatic heterocycles. The predicted octanol–water partition coefficient (Wildman–Crippen LogP) is 0.605. The molecular formula is C5H17NO3. The van der Waals surface area contributed by atoms with Gasteiger partial charge in [-0.25, -0.2) is 0 Å². The minimum atomic E-state index is 0. The van der Waals surface area contributed by atoms with Crippen molar-refractivity contribution in [2.75, 3.05) is 20.3 Å². The highest BCUT2D eigenvalue weighted by Gasteiger charge is 1.94. The topological polar surface area (TPSA) is 96.0 Å². The Labute approximate surface area is 55.7 Å². The minimum absolute atomic E-state index is 0. The van der Waals surface area contributed by atoms with Gasteiger partial charge in [-0.2, -0.15) is 0 Å². The maximum absolute atomic E-state index is 7.00. The highest BCUT2D eigenvalue weighted by molar-refractivity contribution is 4.43. The van der Waals surface area contributed by atoms with Crippen LogP contribution in [0.15, 0.2) is 0 Å². The fraction of sp³-hybridized carbons (Fsp3) is 1.00. The van der Waals surface area contributed by atoms with Crippen LogP contribution in [0.25, 0.3) is 0 Å². The molecular weight excluding hydrogens is 122 g/mol. The third-order valence-corrected chi connectivity index (χ3v) is 0.827. The Bertz CT molecular complexity index is 23.8. The van der Waals surface area contributed by atoms with Crippen molar-refractivity contribution in [2.24, 2.45) is 0 Å². The number of ether oxygens (including phenoxy) is 1. The molecule has 4 nitrogen and oxygen atoms in total. The zero-order valence-electron chi connectivity index (χ0n) is 6.13. The smallest absolute Gasteiger partial charge is 0.0466 e. The third kappa shape index (κ3) is 11.4. The number of aliphatic hydroxyl groups excluding tert-OH is 1. The highest BCUT2D eigenvalue weighted by Crippen LogP contribution is 1.98. The zero-order chi connectivity index (χ0) is 5.54. The molecule has 1 heterocycles. The lowest BCUT2D eigenvalue weighted by atomic mass is 10.4. The molecule has 9 heavy (non-hydrogen) atoms. The lowest BCUT2D eigenvalue weighted by molar-refractivity contribution is 0.198. The lowest BCUT2D eigenvalue weighted by Crippen LogP contribution is -1.74. The number of hydrogen-bond acceptors (Lipinski definition) is 3. The van der Waals surface area contributed by atoms with Gasteiger partial charge in [-0.05, 0) is 12.8 Å². The summed E-state index contributed by atoms with van der Waals surface area (Å²) in [5, 5.41) is 7.00. The first-order valence-electron chi connectivity index (χ1n) is 2.52. The van der Waals surface area contributed by atoms with Gasteiger partial charge in [0, 0.05) is 20.3 Å². The molecule has 0 aromatic rings. The molecule has 1 fully saturated rings. The monoisotopic (exact) mass is 139 g/mol. The van der Waals surface area contributed by atoms with Gasteiger partial charge in [-0.1, -0.05) is 0 Å². The van der Waals surface area contributed by atoms with Gasteiger partial charge >= 0.3 is 0 Å². The molecule has 0 aliphatic carbocycles. The van der Waals surface area contributed by atoms with Gasteiger partial charge in [-0.3, -0.25) is 0 Å². The van der Waals surface area contributed by atoms with Crippen molar-refractivity contribution in [3.05, 3.63) is 0 Å². The van der Waals surface area contributed by atoms with E-state index in [1.54, 1.807) is 0 Å². The van der Waals surface area contributed by atoms with Crippen LogP contribution in [0.5, 0.6) is 0 Å². The summed E-state index contributed by atoms with van der Waals surface area (Å²) in [6.45, 7) is 2.00. The Morgan fingerprint density at radius 2 is 1.44 bits per heavy atom. The molecule has 0 radical (unpaired) electrons. The molecule has 1 saturated heterocycles. The van der Waals surface area contributed by atoms with Crippen LogP contribution in [0, 0.1) is 0 Å². The van der Waals surface area contributed by atoms with Gasteiger partial charge in [0.25, 0.3) is 0 Å². The van der Waals surface area contributed by atoms with Crippen molar-refractivity contribution < 1.29 is 15.3 Å². The van der Waals surface area contributed by atoms with Gasteiger partial charge in [0.1, 0.15) is 0 Å². The first-order valence-corrected chi connectivity index (χ1v) is 2.52. The van der Waals surface area contributed by atoms with Gasteiger partial charge in [0.2, 0.25) is 0 Å². The van der Waals surface area contributed by atoms with Gasteiger partial charge in [0.05, 0.1) is 0 Å². The first-order chi connectivity index (χ1) is 3.50. The van der Waals surface area contributed by atoms with Crippen LogP contribution in [0.1, 0.15) is 12.8 Å². The zero-order valence-corrected chi connectivity index (χ0v) is 6.13. The van der Waals surface area contributed by atoms with Crippen molar-refractivity contribution in [1.82, 2.24) is 6.15 Å². The molecule has 0 bridgehead atoms. The molecule has 1 aliphatic rings. The average Bonchev–Trinajstić information content (AvgIpc) is 2.23. The Morgan fingerprint density at radius 1 is 1.11 bits per heavy atom. The Morgan fingerprint density at radius 3 is 1.56 bits per heavy atom. The van der Waals surface area contributed by atoms with Gasteiger partial charge in [0.15, 0.2) is 0 Å². The largest absolute Gasteiger partial charge is 0.870 e. The van der Waals surface area contributed by atoms with Gasteiger partial charge < -0.3 is 21.5 Å². The van der Waals surface area contributed by atoms with E-state index in [1.807, 2.05) is 0 Å². The van der Waals surface area contributed by atoms with E-state index >= 15 is 0 Å². The molecule has 1 rings (SSSR count). The predicted molar refractivity (Wildman–Crippen MR) is 36.1 cm³/mol. The third-order valence-electron chi connectivity index (χ3n) is 0.827. The van der Waals surface area contributed by atoms with Crippen LogP contribution in [0.4, 0.5) is 0 Å². The van der Waals surface area contributed by atoms with Gasteiger partial charge in [-0.15, -0.1) is 0 Å². The normalized spacial score (nSPS) is 14.0. The second-order valence-electron chi connectivity index (χ2n) is 1.32. The highest BCUT2D eigenvalue weighted by atomic mass is 16.5. The number of rotatable bonds is 0. The molecule has 6 N–H and O–H groups in total. The lowest BCUT2D eigenvalue weighted by Gasteiger charge is -1.76. The molecule has 0 amide bonds. The summed E-state index contributed by atoms with van der Waals surface area (Å²) in [6, 6.07) is 0. The minimum Gasteiger partial charge on any atom is -0.870 e. The van der Waals surface area contributed by atoms with Crippen molar-refractivity contribution in [2.45, 2.75) is 12.8 Å². The van der Waals surface area contributed by atoms with E-state index in [0.29, 0.717) is 0 Å². The molecule has 60 valence electrons. The van der Waals surface area contributed by atoms with Crippen LogP contribution in [0.3, 0.4) is 0 Å². The number of aliphatic hydroxyl groups is 1. The van der Waals surface area contributed by atoms with Crippen molar-refractivity contribution in [3.63, 3.8) is 0 Å². The SMILES string of the molecule is C1CCOC1.CO.[NH4+].[OH-]. The van der Waals surface area contributed by atoms with E-state index < -0.39 is 0 Å². The fourth-order valence-corrected chi connectivity index (χ4v) is 0.510. The summed E-state index contributed by atoms with van der Waals surface area (Å²) in [4.78, 5) is 0. The van der Waals surface area contributed by atoms with Crippen LogP contribution in [0.2, 0.25) is 0 Å². The van der Waals surface area contributed by atoms with E-state index in [0.717, 1.165) is 20.3 Å². The van der Waals surface area contributed by atoms with Crippen LogP contribution in [-0.2, 0) is 4.74 Å². The van der Waals surface area contributed by atoms with E-state index in [2.05, 4.69) is 0 Å². The molecule has 0 atom stereocenters. The van der Waals surface area contributed by atoms with Crippen molar-refractivity contribution in [3.8, 4) is 0 Å². The Balaban J connectivity index is -0.0000000836. The molecule has 0 aromatic heterocycles. The average molecular weight is 139 g/mol. The van der Waals surface area contributed by atoms with Crippen LogP contribution < -0.4 is 6.15 Å². The van der Waals surface area contributed by atoms with E-state index in [-0.39, 0.29) is 11.6 Å². The Hall–Kier alpha value is -0.160. The van der Waals surface area contributed by atoms with Crippen molar-refractivity contribution in [1.29, 1.82) is 0 Å². The maximum Gasteiger partial charge on any atom is 0.0466 e. The second-order valence-corrected chi connectivity index (χ2v) is 1.32. The molecule has 0 saturated carbocycles. The second kappa shape index (κ2) is 15.7. The van der Waals surface area contributed by atoms with E-state index in [4.69, 9.17) is 9.84 Å². The Kier molecular flexibility index (Phi) is 27.7. The fourth-order valence-electron chi connectivity index (χ4n) is 0.510. The van der Waals surface area contributed by atoms with Crippen LogP contribution in [-0.4, -0.2) is 30.9 Å². The summed E-state index contributed by atoms with van der Waals surface area (Å²) >= 11 is 0. The molecule has 0 spiro atoms. The van der Waals surface area contributed by atoms with E-state index in [1.165, 1.54) is 12.8 Å². The van der Waals surface area contributed by atoms with Crippen LogP contribution >= 0.6 is 0 Å². The first kappa shape index (κ1) is 15.9. The summed E-state index contributed by atoms with van der Waals surface area (Å²) in [7, 11) is 1.00.